The van der Waals surface area contributed by atoms with E-state index in [9.17, 15) is 0 Å². The lowest BCUT2D eigenvalue weighted by Crippen LogP contribution is -2.24. The Hall–Kier alpha value is -1.16. The highest BCUT2D eigenvalue weighted by atomic mass is 16.5. The molecule has 0 amide bonds. The first-order valence-corrected chi connectivity index (χ1v) is 4.87. The fourth-order valence-electron chi connectivity index (χ4n) is 1.13. The molecule has 0 aromatic carbocycles. The second-order valence-corrected chi connectivity index (χ2v) is 3.17. The molecule has 0 aliphatic heterocycles. The minimum atomic E-state index is 0.416. The maximum atomic E-state index is 5.29. The standard InChI is InChI=1S/C10H17N3O/c1-4-14-10-6-9(12-7-13-10)5-8(2)11-3/h6-8,11H,4-5H2,1-3H3. The molecule has 1 atom stereocenters. The van der Waals surface area contributed by atoms with Crippen LogP contribution in [0.4, 0.5) is 0 Å². The number of nitrogens with zero attached hydrogens (tertiary/aromatic N) is 2. The number of nitrogens with one attached hydrogen (secondary N) is 1. The van der Waals surface area contributed by atoms with Gasteiger partial charge in [0, 0.05) is 24.2 Å². The highest BCUT2D eigenvalue weighted by Crippen LogP contribution is 2.08. The van der Waals surface area contributed by atoms with Crippen molar-refractivity contribution in [2.24, 2.45) is 0 Å². The van der Waals surface area contributed by atoms with E-state index in [2.05, 4.69) is 22.2 Å². The highest BCUT2D eigenvalue weighted by Gasteiger charge is 2.03. The van der Waals surface area contributed by atoms with Gasteiger partial charge in [-0.1, -0.05) is 0 Å². The smallest absolute Gasteiger partial charge is 0.216 e. The van der Waals surface area contributed by atoms with Gasteiger partial charge in [-0.2, -0.15) is 0 Å². The Labute approximate surface area is 84.7 Å². The van der Waals surface area contributed by atoms with Crippen molar-refractivity contribution in [2.45, 2.75) is 26.3 Å². The first-order valence-electron chi connectivity index (χ1n) is 4.87. The van der Waals surface area contributed by atoms with Crippen LogP contribution in [0, 0.1) is 0 Å². The largest absolute Gasteiger partial charge is 0.478 e. The summed E-state index contributed by atoms with van der Waals surface area (Å²) in [5.74, 6) is 0.654. The molecule has 1 aromatic rings. The number of ether oxygens (including phenoxy) is 1. The van der Waals surface area contributed by atoms with Crippen molar-refractivity contribution in [2.75, 3.05) is 13.7 Å². The van der Waals surface area contributed by atoms with E-state index in [0.29, 0.717) is 18.5 Å². The topological polar surface area (TPSA) is 47.0 Å². The molecule has 1 aromatic heterocycles. The van der Waals surface area contributed by atoms with Gasteiger partial charge >= 0.3 is 0 Å². The van der Waals surface area contributed by atoms with Crippen molar-refractivity contribution in [3.05, 3.63) is 18.1 Å². The van der Waals surface area contributed by atoms with Gasteiger partial charge in [-0.25, -0.2) is 9.97 Å². The van der Waals surface area contributed by atoms with Crippen molar-refractivity contribution < 1.29 is 4.74 Å². The van der Waals surface area contributed by atoms with E-state index in [4.69, 9.17) is 4.74 Å². The Balaban J connectivity index is 2.63. The van der Waals surface area contributed by atoms with Crippen molar-refractivity contribution in [1.82, 2.24) is 15.3 Å². The van der Waals surface area contributed by atoms with Gasteiger partial charge in [0.1, 0.15) is 6.33 Å². The SMILES string of the molecule is CCOc1cc(CC(C)NC)ncn1. The van der Waals surface area contributed by atoms with E-state index >= 15 is 0 Å². The molecule has 1 rings (SSSR count). The zero-order valence-corrected chi connectivity index (χ0v) is 8.95. The predicted molar refractivity (Wildman–Crippen MR) is 55.4 cm³/mol. The van der Waals surface area contributed by atoms with Crippen LogP contribution in [0.5, 0.6) is 5.88 Å². The Morgan fingerprint density at radius 3 is 2.93 bits per heavy atom. The van der Waals surface area contributed by atoms with Crippen LogP contribution < -0.4 is 10.1 Å². The van der Waals surface area contributed by atoms with Crippen LogP contribution >= 0.6 is 0 Å². The molecule has 4 heteroatoms. The van der Waals surface area contributed by atoms with Crippen LogP contribution in [0.3, 0.4) is 0 Å². The van der Waals surface area contributed by atoms with Gasteiger partial charge in [-0.3, -0.25) is 0 Å². The molecule has 0 saturated carbocycles. The minimum Gasteiger partial charge on any atom is -0.478 e. The molecule has 0 bridgehead atoms. The van der Waals surface area contributed by atoms with Crippen LogP contribution in [-0.2, 0) is 6.42 Å². The third-order valence-corrected chi connectivity index (χ3v) is 2.00. The maximum absolute atomic E-state index is 5.29. The normalized spacial score (nSPS) is 12.5. The van der Waals surface area contributed by atoms with Crippen molar-refractivity contribution in [3.8, 4) is 5.88 Å². The van der Waals surface area contributed by atoms with Gasteiger partial charge in [0.15, 0.2) is 0 Å². The quantitative estimate of drug-likeness (QED) is 0.762. The molecular formula is C10H17N3O. The van der Waals surface area contributed by atoms with Crippen LogP contribution in [0.1, 0.15) is 19.5 Å². The van der Waals surface area contributed by atoms with E-state index in [1.807, 2.05) is 20.0 Å². The molecule has 14 heavy (non-hydrogen) atoms. The molecule has 0 saturated heterocycles. The van der Waals surface area contributed by atoms with E-state index < -0.39 is 0 Å². The van der Waals surface area contributed by atoms with Gasteiger partial charge in [0.25, 0.3) is 0 Å². The zero-order valence-electron chi connectivity index (χ0n) is 8.95. The monoisotopic (exact) mass is 195 g/mol. The Morgan fingerprint density at radius 1 is 1.50 bits per heavy atom. The van der Waals surface area contributed by atoms with Crippen LogP contribution in [0.15, 0.2) is 12.4 Å². The molecular weight excluding hydrogens is 178 g/mol. The third-order valence-electron chi connectivity index (χ3n) is 2.00. The minimum absolute atomic E-state index is 0.416. The molecule has 0 radical (unpaired) electrons. The summed E-state index contributed by atoms with van der Waals surface area (Å²) in [6.07, 6.45) is 2.43. The van der Waals surface area contributed by atoms with Crippen LogP contribution in [-0.4, -0.2) is 29.7 Å². The lowest BCUT2D eigenvalue weighted by atomic mass is 10.2. The average Bonchev–Trinajstić information content (AvgIpc) is 2.19. The molecule has 0 fully saturated rings. The van der Waals surface area contributed by atoms with E-state index in [0.717, 1.165) is 12.1 Å². The Kier molecular flexibility index (Phi) is 4.32. The van der Waals surface area contributed by atoms with E-state index in [-0.39, 0.29) is 0 Å². The number of aromatic nitrogens is 2. The third kappa shape index (κ3) is 3.30. The first kappa shape index (κ1) is 10.9. The Morgan fingerprint density at radius 2 is 2.29 bits per heavy atom. The summed E-state index contributed by atoms with van der Waals surface area (Å²) in [4.78, 5) is 8.19. The second kappa shape index (κ2) is 5.54. The van der Waals surface area contributed by atoms with Crippen molar-refractivity contribution >= 4 is 0 Å². The van der Waals surface area contributed by atoms with Gasteiger partial charge in [-0.15, -0.1) is 0 Å². The van der Waals surface area contributed by atoms with Crippen LogP contribution in [0.2, 0.25) is 0 Å². The van der Waals surface area contributed by atoms with Gasteiger partial charge in [-0.05, 0) is 20.9 Å². The van der Waals surface area contributed by atoms with E-state index in [1.54, 1.807) is 6.33 Å². The summed E-state index contributed by atoms with van der Waals surface area (Å²) >= 11 is 0. The molecule has 1 N–H and O–H groups in total. The molecule has 1 unspecified atom stereocenters. The second-order valence-electron chi connectivity index (χ2n) is 3.17. The highest BCUT2D eigenvalue weighted by molar-refractivity contribution is 5.14. The molecule has 4 nitrogen and oxygen atoms in total. The molecule has 0 spiro atoms. The first-order chi connectivity index (χ1) is 6.76. The summed E-state index contributed by atoms with van der Waals surface area (Å²) in [5.41, 5.74) is 1.00. The number of rotatable bonds is 5. The lowest BCUT2D eigenvalue weighted by Gasteiger charge is -2.09. The Bertz CT molecular complexity index is 278. The summed E-state index contributed by atoms with van der Waals surface area (Å²) < 4.78 is 5.29. The van der Waals surface area contributed by atoms with Gasteiger partial charge in [0.05, 0.1) is 6.61 Å². The van der Waals surface area contributed by atoms with Crippen LogP contribution in [0.25, 0.3) is 0 Å². The number of likely N-dealkylation sites (N-methyl/N-ethyl adjacent to an activating group) is 1. The van der Waals surface area contributed by atoms with Crippen molar-refractivity contribution in [3.63, 3.8) is 0 Å². The van der Waals surface area contributed by atoms with Crippen molar-refractivity contribution in [1.29, 1.82) is 0 Å². The molecule has 1 heterocycles. The molecule has 0 aliphatic carbocycles. The number of hydrogen-bond donors (Lipinski definition) is 1. The van der Waals surface area contributed by atoms with Gasteiger partial charge < -0.3 is 10.1 Å². The zero-order chi connectivity index (χ0) is 10.4. The summed E-state index contributed by atoms with van der Waals surface area (Å²) in [5, 5.41) is 3.16. The average molecular weight is 195 g/mol. The maximum Gasteiger partial charge on any atom is 0.216 e. The summed E-state index contributed by atoms with van der Waals surface area (Å²) in [7, 11) is 1.94. The molecule has 78 valence electrons. The predicted octanol–water partition coefficient (Wildman–Crippen LogP) is 1.03. The summed E-state index contributed by atoms with van der Waals surface area (Å²) in [6, 6.07) is 2.30. The summed E-state index contributed by atoms with van der Waals surface area (Å²) in [6.45, 7) is 4.69. The lowest BCUT2D eigenvalue weighted by molar-refractivity contribution is 0.325. The van der Waals surface area contributed by atoms with Gasteiger partial charge in [0.2, 0.25) is 5.88 Å². The van der Waals surface area contributed by atoms with E-state index in [1.165, 1.54) is 0 Å². The fraction of sp³-hybridized carbons (Fsp3) is 0.600. The number of hydrogen-bond acceptors (Lipinski definition) is 4. The fourth-order valence-corrected chi connectivity index (χ4v) is 1.13. The molecule has 0 aliphatic rings.